The van der Waals surface area contributed by atoms with Crippen molar-refractivity contribution in [2.75, 3.05) is 17.1 Å². The van der Waals surface area contributed by atoms with Crippen molar-refractivity contribution < 1.29 is 33.0 Å². The molecule has 3 rings (SSSR count). The third kappa shape index (κ3) is 5.27. The van der Waals surface area contributed by atoms with E-state index in [1.165, 1.54) is 25.3 Å². The number of benzene rings is 3. The number of methoxy groups -OCH3 is 1. The lowest BCUT2D eigenvalue weighted by Crippen LogP contribution is -2.30. The molecule has 3 aromatic carbocycles. The number of hydrogen-bond acceptors (Lipinski definition) is 6. The number of rotatable bonds is 10. The first-order valence-electron chi connectivity index (χ1n) is 9.61. The van der Waals surface area contributed by atoms with Crippen molar-refractivity contribution in [1.29, 1.82) is 0 Å². The fraction of sp³-hybridized carbons (Fsp3) is 0.182. The van der Waals surface area contributed by atoms with Gasteiger partial charge >= 0.3 is 11.9 Å². The van der Waals surface area contributed by atoms with E-state index in [9.17, 15) is 23.1 Å². The van der Waals surface area contributed by atoms with E-state index in [1.54, 1.807) is 42.5 Å². The summed E-state index contributed by atoms with van der Waals surface area (Å²) in [5.74, 6) is -1.74. The van der Waals surface area contributed by atoms with E-state index in [-0.39, 0.29) is 17.7 Å². The first-order chi connectivity index (χ1) is 15.2. The molecule has 4 N–H and O–H groups in total. The molecule has 0 aliphatic heterocycles. The Morgan fingerprint density at radius 2 is 1.53 bits per heavy atom. The van der Waals surface area contributed by atoms with E-state index in [2.05, 4.69) is 10.0 Å². The van der Waals surface area contributed by atoms with Gasteiger partial charge in [0, 0.05) is 22.9 Å². The molecular weight excluding hydrogens is 436 g/mol. The molecule has 0 spiro atoms. The molecule has 0 aromatic heterocycles. The Bertz CT molecular complexity index is 1240. The largest absolute Gasteiger partial charge is 0.497 e. The van der Waals surface area contributed by atoms with Crippen LogP contribution in [0.4, 0.5) is 11.4 Å². The maximum Gasteiger partial charge on any atom is 0.326 e. The lowest BCUT2D eigenvalue weighted by atomic mass is 10.1. The molecule has 9 nitrogen and oxygen atoms in total. The average Bonchev–Trinajstić information content (AvgIpc) is 2.77. The molecule has 0 saturated heterocycles. The van der Waals surface area contributed by atoms with E-state index in [0.29, 0.717) is 27.9 Å². The van der Waals surface area contributed by atoms with Crippen LogP contribution in [-0.4, -0.2) is 43.7 Å². The highest BCUT2D eigenvalue weighted by molar-refractivity contribution is 7.92. The smallest absolute Gasteiger partial charge is 0.326 e. The summed E-state index contributed by atoms with van der Waals surface area (Å²) in [6.07, 6.45) is -0.410. The van der Waals surface area contributed by atoms with Gasteiger partial charge in [0.2, 0.25) is 0 Å². The second kappa shape index (κ2) is 9.56. The molecule has 168 valence electrons. The summed E-state index contributed by atoms with van der Waals surface area (Å²) in [6.45, 7) is 0. The third-order valence-electron chi connectivity index (χ3n) is 4.81. The molecule has 1 atom stereocenters. The zero-order chi connectivity index (χ0) is 23.3. The number of fused-ring (bicyclic) bond motifs is 1. The molecular formula is C22H22N2O7S. The van der Waals surface area contributed by atoms with Crippen molar-refractivity contribution in [2.24, 2.45) is 0 Å². The van der Waals surface area contributed by atoms with Crippen LogP contribution in [0.25, 0.3) is 10.8 Å². The standard InChI is InChI=1S/C22H22N2O7S/c1-31-14-6-8-15(9-7-14)32(29,30)24-19-11-10-18(16-4-2-3-5-17(16)19)23-20(22(27)28)12-13-21(25)26/h2-11,20,23-24H,12-13H2,1H3,(H,25,26)(H,27,28)/t20-/m0/s1. The highest BCUT2D eigenvalue weighted by atomic mass is 32.2. The van der Waals surface area contributed by atoms with Crippen LogP contribution in [0.3, 0.4) is 0 Å². The van der Waals surface area contributed by atoms with Gasteiger partial charge in [-0.25, -0.2) is 13.2 Å². The van der Waals surface area contributed by atoms with Crippen LogP contribution in [0.1, 0.15) is 12.8 Å². The van der Waals surface area contributed by atoms with Crippen LogP contribution in [0.2, 0.25) is 0 Å². The molecule has 32 heavy (non-hydrogen) atoms. The Morgan fingerprint density at radius 1 is 0.938 bits per heavy atom. The number of carboxylic acid groups (broad SMARTS) is 2. The first-order valence-corrected chi connectivity index (χ1v) is 11.1. The van der Waals surface area contributed by atoms with Crippen molar-refractivity contribution >= 4 is 44.1 Å². The van der Waals surface area contributed by atoms with Gasteiger partial charge in [-0.15, -0.1) is 0 Å². The second-order valence-corrected chi connectivity index (χ2v) is 8.64. The number of hydrogen-bond donors (Lipinski definition) is 4. The maximum atomic E-state index is 12.8. The minimum atomic E-state index is -3.88. The van der Waals surface area contributed by atoms with Crippen molar-refractivity contribution in [3.8, 4) is 5.75 Å². The quantitative estimate of drug-likeness (QED) is 0.362. The van der Waals surface area contributed by atoms with Crippen LogP contribution in [0, 0.1) is 0 Å². The third-order valence-corrected chi connectivity index (χ3v) is 6.19. The lowest BCUT2D eigenvalue weighted by molar-refractivity contribution is -0.139. The van der Waals surface area contributed by atoms with E-state index in [1.807, 2.05) is 0 Å². The Labute approximate surface area is 184 Å². The van der Waals surface area contributed by atoms with Gasteiger partial charge < -0.3 is 20.3 Å². The first kappa shape index (κ1) is 22.9. The van der Waals surface area contributed by atoms with Crippen molar-refractivity contribution in [2.45, 2.75) is 23.8 Å². The summed E-state index contributed by atoms with van der Waals surface area (Å²) < 4.78 is 33.3. The summed E-state index contributed by atoms with van der Waals surface area (Å²) in [4.78, 5) is 22.4. The molecule has 0 heterocycles. The second-order valence-electron chi connectivity index (χ2n) is 6.95. The topological polar surface area (TPSA) is 142 Å². The van der Waals surface area contributed by atoms with Crippen molar-refractivity contribution in [3.63, 3.8) is 0 Å². The zero-order valence-corrected chi connectivity index (χ0v) is 17.9. The average molecular weight is 458 g/mol. The molecule has 0 saturated carbocycles. The van der Waals surface area contributed by atoms with E-state index < -0.39 is 28.0 Å². The summed E-state index contributed by atoms with van der Waals surface area (Å²) in [5, 5.41) is 22.3. The maximum absolute atomic E-state index is 12.8. The van der Waals surface area contributed by atoms with E-state index in [0.717, 1.165) is 0 Å². The number of nitrogens with one attached hydrogen (secondary N) is 2. The van der Waals surface area contributed by atoms with E-state index >= 15 is 0 Å². The molecule has 10 heteroatoms. The molecule has 0 amide bonds. The van der Waals surface area contributed by atoms with Crippen LogP contribution in [0.15, 0.2) is 65.6 Å². The van der Waals surface area contributed by atoms with Crippen LogP contribution < -0.4 is 14.8 Å². The monoisotopic (exact) mass is 458 g/mol. The van der Waals surface area contributed by atoms with Crippen LogP contribution in [-0.2, 0) is 19.6 Å². The fourth-order valence-corrected chi connectivity index (χ4v) is 4.27. The predicted octanol–water partition coefficient (Wildman–Crippen LogP) is 3.38. The number of sulfonamides is 1. The SMILES string of the molecule is COc1ccc(S(=O)(=O)Nc2ccc(N[C@@H](CCC(=O)O)C(=O)O)c3ccccc23)cc1. The Kier molecular flexibility index (Phi) is 6.84. The zero-order valence-electron chi connectivity index (χ0n) is 17.1. The normalized spacial score (nSPS) is 12.2. The number of ether oxygens (including phenoxy) is 1. The van der Waals surface area contributed by atoms with Crippen molar-refractivity contribution in [1.82, 2.24) is 0 Å². The van der Waals surface area contributed by atoms with Gasteiger partial charge in [-0.2, -0.15) is 0 Å². The minimum absolute atomic E-state index is 0.0594. The van der Waals surface area contributed by atoms with Gasteiger partial charge in [-0.1, -0.05) is 24.3 Å². The fourth-order valence-electron chi connectivity index (χ4n) is 3.19. The lowest BCUT2D eigenvalue weighted by Gasteiger charge is -2.18. The van der Waals surface area contributed by atoms with Gasteiger partial charge in [0.05, 0.1) is 17.7 Å². The summed E-state index contributed by atoms with van der Waals surface area (Å²) in [5.41, 5.74) is 0.769. The van der Waals surface area contributed by atoms with Crippen molar-refractivity contribution in [3.05, 3.63) is 60.7 Å². The molecule has 0 fully saturated rings. The predicted molar refractivity (Wildman–Crippen MR) is 120 cm³/mol. The summed E-state index contributed by atoms with van der Waals surface area (Å²) in [6, 6.07) is 14.8. The molecule has 0 aliphatic rings. The van der Waals surface area contributed by atoms with Gasteiger partial charge in [0.25, 0.3) is 10.0 Å². The number of anilines is 2. The Balaban J connectivity index is 1.93. The number of carbonyl (C=O) groups is 2. The molecule has 0 bridgehead atoms. The van der Waals surface area contributed by atoms with Crippen LogP contribution >= 0.6 is 0 Å². The highest BCUT2D eigenvalue weighted by Gasteiger charge is 2.21. The minimum Gasteiger partial charge on any atom is -0.497 e. The Morgan fingerprint density at radius 3 is 2.09 bits per heavy atom. The highest BCUT2D eigenvalue weighted by Crippen LogP contribution is 2.32. The summed E-state index contributed by atoms with van der Waals surface area (Å²) >= 11 is 0. The molecule has 0 unspecified atom stereocenters. The number of aliphatic carboxylic acids is 2. The molecule has 0 radical (unpaired) electrons. The molecule has 3 aromatic rings. The molecule has 0 aliphatic carbocycles. The van der Waals surface area contributed by atoms with Crippen LogP contribution in [0.5, 0.6) is 5.75 Å². The number of carboxylic acids is 2. The summed E-state index contributed by atoms with van der Waals surface area (Å²) in [7, 11) is -2.40. The van der Waals surface area contributed by atoms with Gasteiger partial charge in [0.15, 0.2) is 0 Å². The van der Waals surface area contributed by atoms with Gasteiger partial charge in [-0.3, -0.25) is 9.52 Å². The van der Waals surface area contributed by atoms with Gasteiger partial charge in [-0.05, 0) is 42.8 Å². The Hall–Kier alpha value is -3.79. The van der Waals surface area contributed by atoms with E-state index in [4.69, 9.17) is 9.84 Å². The van der Waals surface area contributed by atoms with Gasteiger partial charge in [0.1, 0.15) is 11.8 Å².